The Morgan fingerprint density at radius 3 is 1.93 bits per heavy atom. The average molecular weight is 387 g/mol. The van der Waals surface area contributed by atoms with Crippen molar-refractivity contribution in [2.75, 3.05) is 26.6 Å². The van der Waals surface area contributed by atoms with Gasteiger partial charge in [0.15, 0.2) is 13.1 Å². The van der Waals surface area contributed by atoms with E-state index >= 15 is 0 Å². The Morgan fingerprint density at radius 1 is 0.667 bits per heavy atom. The lowest BCUT2D eigenvalue weighted by Gasteiger charge is -2.18. The highest BCUT2D eigenvalue weighted by molar-refractivity contribution is 4.72. The van der Waals surface area contributed by atoms with Crippen molar-refractivity contribution in [2.45, 2.75) is 111 Å². The van der Waals surface area contributed by atoms with Crippen LogP contribution in [-0.2, 0) is 18.9 Å². The number of unbranched alkanes of at least 4 members (excludes halogenated alkanes) is 8. The molecule has 0 spiro atoms. The fraction of sp³-hybridized carbons (Fsp3) is 0.913. The SMILES string of the molecule is CCCCOCOC=CCCCCCCCCCC(OCCC)OCCC. The molecule has 0 aliphatic carbocycles. The minimum atomic E-state index is 0.0101. The quantitative estimate of drug-likeness (QED) is 0.114. The Morgan fingerprint density at radius 2 is 1.30 bits per heavy atom. The van der Waals surface area contributed by atoms with E-state index in [1.54, 1.807) is 6.26 Å². The van der Waals surface area contributed by atoms with E-state index in [1.807, 2.05) is 0 Å². The first-order valence-electron chi connectivity index (χ1n) is 11.4. The molecule has 0 saturated heterocycles. The van der Waals surface area contributed by atoms with Gasteiger partial charge in [-0.3, -0.25) is 0 Å². The summed E-state index contributed by atoms with van der Waals surface area (Å²) in [5.41, 5.74) is 0. The fourth-order valence-corrected chi connectivity index (χ4v) is 2.70. The first-order valence-corrected chi connectivity index (χ1v) is 11.4. The van der Waals surface area contributed by atoms with Crippen molar-refractivity contribution < 1.29 is 18.9 Å². The molecule has 0 N–H and O–H groups in total. The molecule has 0 heterocycles. The summed E-state index contributed by atoms with van der Waals surface area (Å²) in [4.78, 5) is 0. The summed E-state index contributed by atoms with van der Waals surface area (Å²) >= 11 is 0. The second-order valence-electron chi connectivity index (χ2n) is 7.14. The predicted molar refractivity (Wildman–Crippen MR) is 114 cm³/mol. The molecule has 0 bridgehead atoms. The lowest BCUT2D eigenvalue weighted by atomic mass is 10.1. The van der Waals surface area contributed by atoms with Crippen LogP contribution in [0.25, 0.3) is 0 Å². The van der Waals surface area contributed by atoms with Crippen LogP contribution in [0.2, 0.25) is 0 Å². The van der Waals surface area contributed by atoms with Crippen molar-refractivity contribution in [3.63, 3.8) is 0 Å². The Balaban J connectivity index is 3.33. The summed E-state index contributed by atoms with van der Waals surface area (Å²) in [5.74, 6) is 0. The summed E-state index contributed by atoms with van der Waals surface area (Å²) in [6.07, 6.45) is 19.4. The highest BCUT2D eigenvalue weighted by Crippen LogP contribution is 2.13. The molecule has 4 nitrogen and oxygen atoms in total. The first-order chi connectivity index (χ1) is 13.3. The van der Waals surface area contributed by atoms with Gasteiger partial charge in [0.1, 0.15) is 0 Å². The van der Waals surface area contributed by atoms with Gasteiger partial charge in [0.05, 0.1) is 12.9 Å². The molecular formula is C23H46O4. The zero-order valence-corrected chi connectivity index (χ0v) is 18.4. The molecule has 0 fully saturated rings. The molecule has 27 heavy (non-hydrogen) atoms. The minimum Gasteiger partial charge on any atom is -0.475 e. The molecular weight excluding hydrogens is 340 g/mol. The van der Waals surface area contributed by atoms with Gasteiger partial charge in [0.2, 0.25) is 0 Å². The molecule has 0 saturated carbocycles. The van der Waals surface area contributed by atoms with Gasteiger partial charge in [-0.05, 0) is 51.0 Å². The van der Waals surface area contributed by atoms with Gasteiger partial charge in [0, 0.05) is 13.2 Å². The summed E-state index contributed by atoms with van der Waals surface area (Å²) in [6, 6.07) is 0. The monoisotopic (exact) mass is 386 g/mol. The van der Waals surface area contributed by atoms with Gasteiger partial charge >= 0.3 is 0 Å². The number of hydrogen-bond donors (Lipinski definition) is 0. The maximum atomic E-state index is 5.77. The van der Waals surface area contributed by atoms with Crippen molar-refractivity contribution in [1.29, 1.82) is 0 Å². The summed E-state index contributed by atoms with van der Waals surface area (Å²) in [5, 5.41) is 0. The number of allylic oxidation sites excluding steroid dienone is 1. The number of hydrogen-bond acceptors (Lipinski definition) is 4. The van der Waals surface area contributed by atoms with Crippen LogP contribution in [0.1, 0.15) is 104 Å². The van der Waals surface area contributed by atoms with Crippen molar-refractivity contribution in [3.05, 3.63) is 12.3 Å². The molecule has 0 rings (SSSR count). The molecule has 162 valence electrons. The number of ether oxygens (including phenoxy) is 4. The van der Waals surface area contributed by atoms with E-state index in [4.69, 9.17) is 18.9 Å². The van der Waals surface area contributed by atoms with Crippen molar-refractivity contribution in [2.24, 2.45) is 0 Å². The van der Waals surface area contributed by atoms with E-state index in [1.165, 1.54) is 44.9 Å². The van der Waals surface area contributed by atoms with Crippen molar-refractivity contribution in [3.8, 4) is 0 Å². The van der Waals surface area contributed by atoms with Gasteiger partial charge in [-0.2, -0.15) is 0 Å². The van der Waals surface area contributed by atoms with Gasteiger partial charge in [-0.15, -0.1) is 0 Å². The van der Waals surface area contributed by atoms with Crippen LogP contribution in [0.15, 0.2) is 12.3 Å². The molecule has 0 aliphatic heterocycles. The van der Waals surface area contributed by atoms with E-state index in [0.717, 1.165) is 58.3 Å². The van der Waals surface area contributed by atoms with Gasteiger partial charge in [-0.25, -0.2) is 0 Å². The van der Waals surface area contributed by atoms with Crippen molar-refractivity contribution in [1.82, 2.24) is 0 Å². The van der Waals surface area contributed by atoms with Crippen LogP contribution in [0.3, 0.4) is 0 Å². The Bertz CT molecular complexity index is 286. The highest BCUT2D eigenvalue weighted by atomic mass is 16.7. The average Bonchev–Trinajstić information content (AvgIpc) is 2.69. The second-order valence-corrected chi connectivity index (χ2v) is 7.14. The minimum absolute atomic E-state index is 0.0101. The molecule has 0 unspecified atom stereocenters. The third kappa shape index (κ3) is 21.6. The Hall–Kier alpha value is -0.580. The molecule has 0 amide bonds. The van der Waals surface area contributed by atoms with Gasteiger partial charge < -0.3 is 18.9 Å². The van der Waals surface area contributed by atoms with E-state index in [-0.39, 0.29) is 6.29 Å². The molecule has 0 aliphatic rings. The molecule has 0 atom stereocenters. The van der Waals surface area contributed by atoms with E-state index in [2.05, 4.69) is 26.8 Å². The summed E-state index contributed by atoms with van der Waals surface area (Å²) in [6.45, 7) is 9.23. The van der Waals surface area contributed by atoms with Gasteiger partial charge in [-0.1, -0.05) is 59.3 Å². The molecule has 0 radical (unpaired) electrons. The lowest BCUT2D eigenvalue weighted by Crippen LogP contribution is -2.18. The van der Waals surface area contributed by atoms with Crippen LogP contribution < -0.4 is 0 Å². The summed E-state index contributed by atoms with van der Waals surface area (Å²) in [7, 11) is 0. The van der Waals surface area contributed by atoms with Gasteiger partial charge in [0.25, 0.3) is 0 Å². The third-order valence-electron chi connectivity index (χ3n) is 4.31. The molecule has 0 aromatic heterocycles. The second kappa shape index (κ2) is 23.5. The molecule has 4 heteroatoms. The van der Waals surface area contributed by atoms with E-state index < -0.39 is 0 Å². The summed E-state index contributed by atoms with van der Waals surface area (Å²) < 4.78 is 22.2. The van der Waals surface area contributed by atoms with Crippen LogP contribution >= 0.6 is 0 Å². The van der Waals surface area contributed by atoms with E-state index in [0.29, 0.717) is 6.79 Å². The van der Waals surface area contributed by atoms with E-state index in [9.17, 15) is 0 Å². The third-order valence-corrected chi connectivity index (χ3v) is 4.31. The van der Waals surface area contributed by atoms with Crippen LogP contribution in [0.5, 0.6) is 0 Å². The zero-order valence-electron chi connectivity index (χ0n) is 18.4. The Kier molecular flexibility index (Phi) is 23.0. The lowest BCUT2D eigenvalue weighted by molar-refractivity contribution is -0.146. The normalized spacial score (nSPS) is 11.7. The fourth-order valence-electron chi connectivity index (χ4n) is 2.70. The van der Waals surface area contributed by atoms with Crippen LogP contribution in [0.4, 0.5) is 0 Å². The standard InChI is InChI=1S/C23H46O4/c1-4-7-20-24-22-25-21-16-14-12-10-8-9-11-13-15-17-23(26-18-5-2)27-19-6-3/h16,21,23H,4-15,17-20,22H2,1-3H3. The first kappa shape index (κ1) is 26.4. The maximum Gasteiger partial charge on any atom is 0.188 e. The van der Waals surface area contributed by atoms with Crippen LogP contribution in [0, 0.1) is 0 Å². The molecule has 0 aromatic rings. The van der Waals surface area contributed by atoms with Crippen LogP contribution in [-0.4, -0.2) is 32.9 Å². The smallest absolute Gasteiger partial charge is 0.188 e. The molecule has 0 aromatic carbocycles. The topological polar surface area (TPSA) is 36.9 Å². The highest BCUT2D eigenvalue weighted by Gasteiger charge is 2.08. The van der Waals surface area contributed by atoms with Crippen molar-refractivity contribution >= 4 is 0 Å². The zero-order chi connectivity index (χ0) is 19.8. The maximum absolute atomic E-state index is 5.77. The number of rotatable bonds is 22. The predicted octanol–water partition coefficient (Wildman–Crippen LogP) is 6.98. The Labute approximate surface area is 169 Å². The largest absolute Gasteiger partial charge is 0.475 e.